The fraction of sp³-hybridized carbons (Fsp3) is 0.357. The Morgan fingerprint density at radius 2 is 1.73 bits per heavy atom. The summed E-state index contributed by atoms with van der Waals surface area (Å²) in [7, 11) is 0. The Balaban J connectivity index is 0.00000323. The molecule has 0 radical (unpaired) electrons. The molecule has 3 aliphatic rings. The number of halogens is 1. The SMILES string of the molecule is CC(=O)c1ccc(-n2c(=O)n3n(c2=O)C2C(=CC3)C(C)(C)Oc3cc(OC(=O)N4CCNCC4)ccc32)cc1.Cl. The monoisotopic (exact) mass is 567 g/mol. The molecule has 6 rings (SSSR count). The van der Waals surface area contributed by atoms with Gasteiger partial charge in [0.15, 0.2) is 5.78 Å². The third-order valence-electron chi connectivity index (χ3n) is 7.54. The van der Waals surface area contributed by atoms with Crippen LogP contribution in [0.25, 0.3) is 5.69 Å². The first kappa shape index (κ1) is 27.5. The maximum atomic E-state index is 13.8. The van der Waals surface area contributed by atoms with E-state index >= 15 is 0 Å². The van der Waals surface area contributed by atoms with Crippen molar-refractivity contribution in [3.63, 3.8) is 0 Å². The van der Waals surface area contributed by atoms with Gasteiger partial charge in [-0.3, -0.25) is 4.79 Å². The molecule has 11 nitrogen and oxygen atoms in total. The first-order valence-electron chi connectivity index (χ1n) is 12.9. The van der Waals surface area contributed by atoms with Crippen LogP contribution in [0.2, 0.25) is 0 Å². The van der Waals surface area contributed by atoms with E-state index in [1.165, 1.54) is 16.3 Å². The number of Topliss-reactive ketones (excluding diaryl/α,β-unsaturated/α-hetero) is 1. The molecule has 4 heterocycles. The minimum Gasteiger partial charge on any atom is -0.483 e. The van der Waals surface area contributed by atoms with E-state index in [-0.39, 0.29) is 24.7 Å². The maximum Gasteiger partial charge on any atom is 0.415 e. The largest absolute Gasteiger partial charge is 0.483 e. The van der Waals surface area contributed by atoms with Crippen molar-refractivity contribution in [2.45, 2.75) is 39.0 Å². The molecule has 3 aliphatic heterocycles. The molecule has 0 aliphatic carbocycles. The molecule has 1 atom stereocenters. The number of piperazine rings is 1. The quantitative estimate of drug-likeness (QED) is 0.382. The zero-order valence-electron chi connectivity index (χ0n) is 22.4. The lowest BCUT2D eigenvalue weighted by Crippen LogP contribution is -2.47. The number of benzene rings is 2. The van der Waals surface area contributed by atoms with Gasteiger partial charge in [-0.05, 0) is 62.7 Å². The number of aromatic nitrogens is 3. The fourth-order valence-electron chi connectivity index (χ4n) is 5.52. The second-order valence-corrected chi connectivity index (χ2v) is 10.4. The van der Waals surface area contributed by atoms with Gasteiger partial charge in [-0.1, -0.05) is 6.08 Å². The van der Waals surface area contributed by atoms with Crippen LogP contribution in [0.3, 0.4) is 0 Å². The number of rotatable bonds is 3. The lowest BCUT2D eigenvalue weighted by atomic mass is 9.83. The smallest absolute Gasteiger partial charge is 0.415 e. The van der Waals surface area contributed by atoms with Crippen LogP contribution in [0, 0.1) is 0 Å². The van der Waals surface area contributed by atoms with E-state index in [9.17, 15) is 19.2 Å². The molecule has 0 bridgehead atoms. The predicted molar refractivity (Wildman–Crippen MR) is 149 cm³/mol. The van der Waals surface area contributed by atoms with Crippen molar-refractivity contribution in [1.82, 2.24) is 24.1 Å². The summed E-state index contributed by atoms with van der Waals surface area (Å²) < 4.78 is 16.0. The predicted octanol–water partition coefficient (Wildman–Crippen LogP) is 2.53. The van der Waals surface area contributed by atoms with Gasteiger partial charge in [0.1, 0.15) is 23.1 Å². The van der Waals surface area contributed by atoms with E-state index in [1.807, 2.05) is 19.9 Å². The van der Waals surface area contributed by atoms with E-state index < -0.39 is 29.1 Å². The second-order valence-electron chi connectivity index (χ2n) is 10.4. The molecular formula is C28H30ClN5O6. The first-order valence-corrected chi connectivity index (χ1v) is 12.9. The number of nitrogens with zero attached hydrogens (tertiary/aromatic N) is 4. The molecule has 1 unspecified atom stereocenters. The Labute approximate surface area is 236 Å². The van der Waals surface area contributed by atoms with E-state index in [0.29, 0.717) is 54.5 Å². The van der Waals surface area contributed by atoms with Crippen molar-refractivity contribution in [1.29, 1.82) is 0 Å². The Morgan fingerprint density at radius 3 is 2.40 bits per heavy atom. The van der Waals surface area contributed by atoms with E-state index in [0.717, 1.165) is 10.1 Å². The number of hydrogen-bond acceptors (Lipinski definition) is 7. The third-order valence-corrected chi connectivity index (χ3v) is 7.54. The summed E-state index contributed by atoms with van der Waals surface area (Å²) in [5.41, 5.74) is 0.655. The number of ketones is 1. The van der Waals surface area contributed by atoms with Crippen LogP contribution in [-0.4, -0.2) is 62.5 Å². The summed E-state index contributed by atoms with van der Waals surface area (Å²) in [5.74, 6) is 0.706. The molecule has 1 amide bonds. The number of fused-ring (bicyclic) bond motifs is 5. The van der Waals surface area contributed by atoms with Crippen LogP contribution < -0.4 is 26.2 Å². The van der Waals surface area contributed by atoms with Gasteiger partial charge in [-0.25, -0.2) is 28.3 Å². The van der Waals surface area contributed by atoms with Gasteiger partial charge in [0, 0.05) is 43.4 Å². The minimum absolute atomic E-state index is 0. The van der Waals surface area contributed by atoms with Gasteiger partial charge in [0.25, 0.3) is 0 Å². The maximum absolute atomic E-state index is 13.8. The van der Waals surface area contributed by atoms with Gasteiger partial charge in [0.05, 0.1) is 12.2 Å². The van der Waals surface area contributed by atoms with Gasteiger partial charge in [-0.2, -0.15) is 0 Å². The average molecular weight is 568 g/mol. The minimum atomic E-state index is -0.787. The molecular weight excluding hydrogens is 538 g/mol. The van der Waals surface area contributed by atoms with Crippen LogP contribution in [-0.2, 0) is 6.54 Å². The van der Waals surface area contributed by atoms with Crippen molar-refractivity contribution in [2.24, 2.45) is 0 Å². The summed E-state index contributed by atoms with van der Waals surface area (Å²) in [5, 5.41) is 3.20. The summed E-state index contributed by atoms with van der Waals surface area (Å²) in [6.07, 6.45) is 1.50. The topological polar surface area (TPSA) is 117 Å². The third kappa shape index (κ3) is 4.44. The van der Waals surface area contributed by atoms with Gasteiger partial charge in [-0.15, -0.1) is 12.4 Å². The standard InChI is InChI=1S/C28H29N5O6.ClH/c1-17(34)18-4-6-19(7-5-18)32-25(35)31-13-10-22-24(33(31)26(32)36)21-9-8-20(16-23(21)39-28(22,2)3)38-27(37)30-14-11-29-12-15-30;/h4-10,16,24,29H,11-15H2,1-3H3;1H. The van der Waals surface area contributed by atoms with Gasteiger partial charge < -0.3 is 19.7 Å². The van der Waals surface area contributed by atoms with E-state index in [2.05, 4.69) is 5.32 Å². The molecule has 12 heteroatoms. The number of carbonyl (C=O) groups is 2. The number of allylic oxidation sites excluding steroid dienone is 1. The van der Waals surface area contributed by atoms with Crippen LogP contribution in [0.1, 0.15) is 42.7 Å². The summed E-state index contributed by atoms with van der Waals surface area (Å²) in [6.45, 7) is 8.05. The molecule has 2 aromatic carbocycles. The zero-order chi connectivity index (χ0) is 27.5. The van der Waals surface area contributed by atoms with Crippen molar-refractivity contribution in [2.75, 3.05) is 26.2 Å². The number of hydrogen-bond donors (Lipinski definition) is 1. The van der Waals surface area contributed by atoms with Gasteiger partial charge in [0.2, 0.25) is 0 Å². The zero-order valence-corrected chi connectivity index (χ0v) is 23.2. The highest BCUT2D eigenvalue weighted by molar-refractivity contribution is 5.94. The summed E-state index contributed by atoms with van der Waals surface area (Å²) >= 11 is 0. The Kier molecular flexibility index (Phi) is 6.97. The molecule has 0 spiro atoms. The number of amides is 1. The van der Waals surface area contributed by atoms with E-state index in [1.54, 1.807) is 47.4 Å². The normalized spacial score (nSPS) is 18.7. The Morgan fingerprint density at radius 1 is 1.02 bits per heavy atom. The van der Waals surface area contributed by atoms with Crippen molar-refractivity contribution >= 4 is 24.3 Å². The Bertz CT molecular complexity index is 1640. The van der Waals surface area contributed by atoms with E-state index in [4.69, 9.17) is 9.47 Å². The molecule has 3 aromatic rings. The highest BCUT2D eigenvalue weighted by Gasteiger charge is 2.44. The molecule has 1 fully saturated rings. The Hall–Kier alpha value is -4.09. The van der Waals surface area contributed by atoms with Crippen molar-refractivity contribution < 1.29 is 19.1 Å². The van der Waals surface area contributed by atoms with Crippen LogP contribution in [0.4, 0.5) is 4.79 Å². The lowest BCUT2D eigenvalue weighted by molar-refractivity contribution is 0.101. The number of ether oxygens (including phenoxy) is 2. The molecule has 1 aromatic heterocycles. The van der Waals surface area contributed by atoms with Crippen LogP contribution >= 0.6 is 12.4 Å². The summed E-state index contributed by atoms with van der Waals surface area (Å²) in [6, 6.07) is 10.9. The molecule has 40 heavy (non-hydrogen) atoms. The fourth-order valence-corrected chi connectivity index (χ4v) is 5.52. The molecule has 1 saturated heterocycles. The highest BCUT2D eigenvalue weighted by Crippen LogP contribution is 2.47. The van der Waals surface area contributed by atoms with Crippen LogP contribution in [0.5, 0.6) is 11.5 Å². The second kappa shape index (κ2) is 10.1. The number of nitrogens with one attached hydrogen (secondary N) is 1. The molecule has 0 saturated carbocycles. The molecule has 210 valence electrons. The highest BCUT2D eigenvalue weighted by atomic mass is 35.5. The van der Waals surface area contributed by atoms with Crippen molar-refractivity contribution in [3.8, 4) is 17.2 Å². The first-order chi connectivity index (χ1) is 18.7. The summed E-state index contributed by atoms with van der Waals surface area (Å²) in [4.78, 5) is 53.2. The lowest BCUT2D eigenvalue weighted by Gasteiger charge is -2.42. The van der Waals surface area contributed by atoms with Crippen molar-refractivity contribution in [3.05, 3.63) is 86.2 Å². The number of carbonyl (C=O) groups excluding carboxylic acids is 2. The molecule has 1 N–H and O–H groups in total. The average Bonchev–Trinajstić information content (AvgIpc) is 3.18. The van der Waals surface area contributed by atoms with Crippen LogP contribution in [0.15, 0.2) is 63.7 Å². The van der Waals surface area contributed by atoms with Gasteiger partial charge >= 0.3 is 17.5 Å².